The largest absolute Gasteiger partial charge is 0.374 e. The summed E-state index contributed by atoms with van der Waals surface area (Å²) >= 11 is 0. The standard InChI is InChI=1S/C30H46F2N4/c1-6-24(19-34-5)20-35-15-13-26(12-14-33-4)10-8-9-11-27-17-29(31)28(30(32)18-27)16-23(3)36-21-25(7-2)22-36/h17-20,25-26,33H,3,5-16,21-22H2,1-2,4H3/b24-19-,35-20?. The predicted octanol–water partition coefficient (Wildman–Crippen LogP) is 6.76. The van der Waals surface area contributed by atoms with E-state index in [1.165, 1.54) is 12.1 Å². The third-order valence-corrected chi connectivity index (χ3v) is 7.28. The Morgan fingerprint density at radius 1 is 1.17 bits per heavy atom. The summed E-state index contributed by atoms with van der Waals surface area (Å²) in [5.41, 5.74) is 2.76. The molecule has 1 aliphatic rings. The highest BCUT2D eigenvalue weighted by Crippen LogP contribution is 2.27. The number of benzene rings is 1. The summed E-state index contributed by atoms with van der Waals surface area (Å²) in [4.78, 5) is 10.5. The molecule has 4 nitrogen and oxygen atoms in total. The van der Waals surface area contributed by atoms with Crippen molar-refractivity contribution in [3.63, 3.8) is 0 Å². The maximum atomic E-state index is 14.7. The first-order valence-electron chi connectivity index (χ1n) is 13.6. The Morgan fingerprint density at radius 3 is 2.50 bits per heavy atom. The summed E-state index contributed by atoms with van der Waals surface area (Å²) in [6.07, 6.45) is 11.8. The number of nitrogens with one attached hydrogen (secondary N) is 1. The van der Waals surface area contributed by atoms with E-state index < -0.39 is 11.6 Å². The number of unbranched alkanes of at least 4 members (excludes halogenated alkanes) is 1. The molecule has 200 valence electrons. The van der Waals surface area contributed by atoms with E-state index in [4.69, 9.17) is 0 Å². The quantitative estimate of drug-likeness (QED) is 0.179. The van der Waals surface area contributed by atoms with Gasteiger partial charge in [-0.25, -0.2) is 8.78 Å². The molecule has 1 atom stereocenters. The van der Waals surface area contributed by atoms with Gasteiger partial charge in [-0.15, -0.1) is 0 Å². The van der Waals surface area contributed by atoms with Crippen molar-refractivity contribution in [3.05, 3.63) is 58.9 Å². The van der Waals surface area contributed by atoms with Crippen LogP contribution in [0, 0.1) is 23.5 Å². The van der Waals surface area contributed by atoms with Crippen molar-refractivity contribution in [2.45, 2.75) is 71.6 Å². The molecule has 6 heteroatoms. The fourth-order valence-corrected chi connectivity index (χ4v) is 4.69. The zero-order chi connectivity index (χ0) is 26.3. The maximum absolute atomic E-state index is 14.7. The van der Waals surface area contributed by atoms with Crippen LogP contribution in [0.1, 0.15) is 69.9 Å². The van der Waals surface area contributed by atoms with Crippen molar-refractivity contribution in [1.82, 2.24) is 10.2 Å². The topological polar surface area (TPSA) is 40.0 Å². The first kappa shape index (κ1) is 29.9. The number of aryl methyl sites for hydroxylation is 1. The molecule has 2 rings (SSSR count). The van der Waals surface area contributed by atoms with Crippen LogP contribution < -0.4 is 5.32 Å². The van der Waals surface area contributed by atoms with E-state index >= 15 is 0 Å². The lowest BCUT2D eigenvalue weighted by Gasteiger charge is -2.42. The molecule has 1 aromatic carbocycles. The monoisotopic (exact) mass is 500 g/mol. The minimum absolute atomic E-state index is 0.140. The first-order chi connectivity index (χ1) is 17.4. The Hall–Kier alpha value is -2.34. The van der Waals surface area contributed by atoms with Crippen molar-refractivity contribution in [2.24, 2.45) is 21.8 Å². The van der Waals surface area contributed by atoms with Gasteiger partial charge in [0.1, 0.15) is 11.6 Å². The summed E-state index contributed by atoms with van der Waals surface area (Å²) in [6, 6.07) is 3.03. The summed E-state index contributed by atoms with van der Waals surface area (Å²) in [5, 5.41) is 3.24. The van der Waals surface area contributed by atoms with E-state index in [-0.39, 0.29) is 12.0 Å². The summed E-state index contributed by atoms with van der Waals surface area (Å²) in [5.74, 6) is 0.360. The molecule has 0 aliphatic carbocycles. The number of rotatable bonds is 18. The third-order valence-electron chi connectivity index (χ3n) is 7.28. The van der Waals surface area contributed by atoms with Crippen LogP contribution >= 0.6 is 0 Å². The van der Waals surface area contributed by atoms with Gasteiger partial charge in [0, 0.05) is 49.7 Å². The second-order valence-electron chi connectivity index (χ2n) is 10.0. The Kier molecular flexibility index (Phi) is 13.6. The van der Waals surface area contributed by atoms with Gasteiger partial charge in [-0.05, 0) is 93.9 Å². The molecular formula is C30H46F2N4. The molecule has 1 fully saturated rings. The van der Waals surface area contributed by atoms with E-state index in [2.05, 4.69) is 47.3 Å². The van der Waals surface area contributed by atoms with Crippen LogP contribution in [0.3, 0.4) is 0 Å². The zero-order valence-corrected chi connectivity index (χ0v) is 22.7. The van der Waals surface area contributed by atoms with E-state index in [1.807, 2.05) is 13.3 Å². The Bertz CT molecular complexity index is 864. The molecule has 0 bridgehead atoms. The van der Waals surface area contributed by atoms with Crippen LogP contribution in [0.25, 0.3) is 0 Å². The highest BCUT2D eigenvalue weighted by Gasteiger charge is 2.26. The Balaban J connectivity index is 1.80. The molecule has 0 spiro atoms. The van der Waals surface area contributed by atoms with Crippen molar-refractivity contribution in [3.8, 4) is 0 Å². The predicted molar refractivity (Wildman–Crippen MR) is 150 cm³/mol. The molecule has 1 saturated heterocycles. The molecule has 1 heterocycles. The van der Waals surface area contributed by atoms with Gasteiger partial charge in [-0.2, -0.15) is 0 Å². The van der Waals surface area contributed by atoms with Gasteiger partial charge in [0.15, 0.2) is 0 Å². The van der Waals surface area contributed by atoms with Gasteiger partial charge in [-0.1, -0.05) is 33.3 Å². The fourth-order valence-electron chi connectivity index (χ4n) is 4.69. The van der Waals surface area contributed by atoms with Crippen molar-refractivity contribution < 1.29 is 8.78 Å². The van der Waals surface area contributed by atoms with Gasteiger partial charge in [0.05, 0.1) is 0 Å². The van der Waals surface area contributed by atoms with E-state index in [0.717, 1.165) is 88.0 Å². The lowest BCUT2D eigenvalue weighted by molar-refractivity contribution is 0.137. The number of nitrogens with zero attached hydrogens (tertiary/aromatic N) is 3. The van der Waals surface area contributed by atoms with Crippen LogP contribution in [0.2, 0.25) is 0 Å². The number of allylic oxidation sites excluding steroid dienone is 2. The average molecular weight is 501 g/mol. The SMILES string of the molecule is C=N/C=C(\C=NCCC(CCCCc1cc(F)c(CC(=C)N2CC(CC)C2)c(F)c1)CCNC)CC. The maximum Gasteiger partial charge on any atom is 0.129 e. The molecular weight excluding hydrogens is 454 g/mol. The average Bonchev–Trinajstić information content (AvgIpc) is 2.83. The minimum Gasteiger partial charge on any atom is -0.374 e. The Labute approximate surface area is 217 Å². The van der Waals surface area contributed by atoms with Crippen molar-refractivity contribution >= 4 is 12.9 Å². The van der Waals surface area contributed by atoms with Gasteiger partial charge in [-0.3, -0.25) is 9.98 Å². The lowest BCUT2D eigenvalue weighted by atomic mass is 9.93. The minimum atomic E-state index is -0.448. The molecule has 36 heavy (non-hydrogen) atoms. The normalized spacial score (nSPS) is 15.4. The van der Waals surface area contributed by atoms with Gasteiger partial charge in [0.2, 0.25) is 0 Å². The first-order valence-corrected chi connectivity index (χ1v) is 13.6. The van der Waals surface area contributed by atoms with Crippen LogP contribution in [0.4, 0.5) is 8.78 Å². The molecule has 1 N–H and O–H groups in total. The van der Waals surface area contributed by atoms with Crippen LogP contribution in [0.15, 0.2) is 46.2 Å². The van der Waals surface area contributed by atoms with Crippen molar-refractivity contribution in [2.75, 3.05) is 33.2 Å². The molecule has 1 aromatic rings. The fraction of sp³-hybridized carbons (Fsp3) is 0.600. The van der Waals surface area contributed by atoms with Gasteiger partial charge >= 0.3 is 0 Å². The number of hydrogen-bond acceptors (Lipinski definition) is 4. The van der Waals surface area contributed by atoms with Gasteiger partial charge < -0.3 is 10.2 Å². The van der Waals surface area contributed by atoms with Gasteiger partial charge in [0.25, 0.3) is 0 Å². The number of aliphatic imine (C=N–C) groups is 2. The molecule has 1 unspecified atom stereocenters. The smallest absolute Gasteiger partial charge is 0.129 e. The van der Waals surface area contributed by atoms with Crippen LogP contribution in [-0.4, -0.2) is 51.1 Å². The second kappa shape index (κ2) is 16.4. The molecule has 0 aromatic heterocycles. The second-order valence-corrected chi connectivity index (χ2v) is 10.0. The van der Waals surface area contributed by atoms with E-state index in [9.17, 15) is 8.78 Å². The number of halogens is 2. The Morgan fingerprint density at radius 2 is 1.89 bits per heavy atom. The number of likely N-dealkylation sites (tertiary alicyclic amines) is 1. The molecule has 0 saturated carbocycles. The summed E-state index contributed by atoms with van der Waals surface area (Å²) < 4.78 is 29.5. The highest BCUT2D eigenvalue weighted by molar-refractivity contribution is 5.78. The van der Waals surface area contributed by atoms with E-state index in [1.54, 1.807) is 6.20 Å². The van der Waals surface area contributed by atoms with Crippen LogP contribution in [-0.2, 0) is 12.8 Å². The van der Waals surface area contributed by atoms with Crippen LogP contribution in [0.5, 0.6) is 0 Å². The van der Waals surface area contributed by atoms with E-state index in [0.29, 0.717) is 18.3 Å². The molecule has 0 amide bonds. The highest BCUT2D eigenvalue weighted by atomic mass is 19.1. The third kappa shape index (κ3) is 9.96. The summed E-state index contributed by atoms with van der Waals surface area (Å²) in [6.45, 7) is 15.5. The lowest BCUT2D eigenvalue weighted by Crippen LogP contribution is -2.45. The molecule has 0 radical (unpaired) electrons. The van der Waals surface area contributed by atoms with Crippen molar-refractivity contribution in [1.29, 1.82) is 0 Å². The summed E-state index contributed by atoms with van der Waals surface area (Å²) in [7, 11) is 1.98. The number of hydrogen-bond donors (Lipinski definition) is 1. The molecule has 1 aliphatic heterocycles. The zero-order valence-electron chi connectivity index (χ0n) is 22.7.